The molecule has 0 saturated heterocycles. The minimum atomic E-state index is -0.444. The molecule has 94 valence electrons. The summed E-state index contributed by atoms with van der Waals surface area (Å²) in [5.74, 6) is 0.237. The molecule has 7 heteroatoms. The monoisotopic (exact) mass is 373 g/mol. The number of ether oxygens (including phenoxy) is 1. The van der Waals surface area contributed by atoms with Crippen LogP contribution in [0.2, 0.25) is 0 Å². The second-order valence-electron chi connectivity index (χ2n) is 3.15. The topological polar surface area (TPSA) is 74.5 Å². The summed E-state index contributed by atoms with van der Waals surface area (Å²) < 4.78 is 6.70. The number of hydrazone groups is 1. The summed E-state index contributed by atoms with van der Waals surface area (Å²) in [4.78, 5) is 11.0. The smallest absolute Gasteiger partial charge is 0.254 e. The molecule has 0 aliphatic rings. The molecule has 0 saturated carbocycles. The van der Waals surface area contributed by atoms with Crippen molar-refractivity contribution in [2.45, 2.75) is 6.42 Å². The Morgan fingerprint density at radius 3 is 2.67 bits per heavy atom. The molecule has 0 radical (unpaired) electrons. The molecule has 0 aliphatic heterocycles. The van der Waals surface area contributed by atoms with E-state index in [0.29, 0.717) is 5.75 Å². The molecule has 0 heterocycles. The summed E-state index contributed by atoms with van der Waals surface area (Å²) in [6, 6.07) is 5.32. The third kappa shape index (κ3) is 4.13. The Morgan fingerprint density at radius 2 is 2.17 bits per heavy atom. The van der Waals surface area contributed by atoms with Crippen LogP contribution in [0.25, 0.3) is 0 Å². The number of hydrogen-bond donors (Lipinski definition) is 1. The maximum Gasteiger partial charge on any atom is 0.254 e. The zero-order chi connectivity index (χ0) is 13.5. The molecule has 0 atom stereocenters. The Labute approximate surface area is 121 Å². The number of hydrogen-bond acceptors (Lipinski definition) is 4. The van der Waals surface area contributed by atoms with Crippen molar-refractivity contribution in [3.05, 3.63) is 26.6 Å². The van der Waals surface area contributed by atoms with Gasteiger partial charge < -0.3 is 4.74 Å². The Hall–Kier alpha value is -1.39. The first kappa shape index (κ1) is 14.7. The number of amides is 1. The normalized spacial score (nSPS) is 10.1. The van der Waals surface area contributed by atoms with Crippen molar-refractivity contribution < 1.29 is 9.53 Å². The van der Waals surface area contributed by atoms with Crippen LogP contribution >= 0.6 is 31.9 Å². The summed E-state index contributed by atoms with van der Waals surface area (Å²) in [6.45, 7) is 0. The minimum absolute atomic E-state index is 0.215. The third-order valence-corrected chi connectivity index (χ3v) is 3.05. The highest BCUT2D eigenvalue weighted by Gasteiger charge is 2.06. The summed E-state index contributed by atoms with van der Waals surface area (Å²) in [5, 5.41) is 12.0. The molecule has 1 aromatic carbocycles. The van der Waals surface area contributed by atoms with E-state index in [2.05, 4.69) is 42.4 Å². The highest BCUT2D eigenvalue weighted by atomic mass is 79.9. The lowest BCUT2D eigenvalue weighted by Gasteiger charge is -2.06. The van der Waals surface area contributed by atoms with Gasteiger partial charge in [-0.05, 0) is 49.6 Å². The van der Waals surface area contributed by atoms with Gasteiger partial charge in [-0.2, -0.15) is 10.4 Å². The lowest BCUT2D eigenvalue weighted by atomic mass is 10.2. The molecule has 1 rings (SSSR count). The average molecular weight is 375 g/mol. The zero-order valence-corrected chi connectivity index (χ0v) is 12.6. The van der Waals surface area contributed by atoms with Crippen molar-refractivity contribution in [3.63, 3.8) is 0 Å². The van der Waals surface area contributed by atoms with Gasteiger partial charge in [0.1, 0.15) is 12.2 Å². The number of rotatable bonds is 4. The molecule has 0 aliphatic carbocycles. The van der Waals surface area contributed by atoms with Crippen molar-refractivity contribution in [2.24, 2.45) is 5.10 Å². The maximum absolute atomic E-state index is 11.0. The van der Waals surface area contributed by atoms with E-state index < -0.39 is 5.91 Å². The molecular formula is C11H9Br2N3O2. The first-order chi connectivity index (χ1) is 8.58. The number of benzene rings is 1. The van der Waals surface area contributed by atoms with Crippen LogP contribution in [0.5, 0.6) is 5.75 Å². The Balaban J connectivity index is 2.78. The third-order valence-electron chi connectivity index (χ3n) is 1.87. The summed E-state index contributed by atoms with van der Waals surface area (Å²) in [7, 11) is 1.57. The van der Waals surface area contributed by atoms with Crippen LogP contribution in [0.4, 0.5) is 0 Å². The van der Waals surface area contributed by atoms with Crippen LogP contribution < -0.4 is 10.2 Å². The van der Waals surface area contributed by atoms with Gasteiger partial charge in [0.05, 0.1) is 28.3 Å². The van der Waals surface area contributed by atoms with Crippen LogP contribution in [0.1, 0.15) is 12.0 Å². The van der Waals surface area contributed by atoms with E-state index in [1.54, 1.807) is 25.3 Å². The Bertz CT molecular complexity index is 501. The van der Waals surface area contributed by atoms with Gasteiger partial charge in [-0.25, -0.2) is 5.43 Å². The van der Waals surface area contributed by atoms with Crippen molar-refractivity contribution in [2.75, 3.05) is 7.11 Å². The molecule has 0 bridgehead atoms. The largest absolute Gasteiger partial charge is 0.494 e. The Morgan fingerprint density at radius 1 is 1.56 bits per heavy atom. The standard InChI is InChI=1S/C11H9Br2N3O2/c1-18-11-8(12)4-7(5-9(11)13)6-15-16-10(17)2-3-14/h4-6H,2H2,1H3,(H,16,17)/b15-6+. The van der Waals surface area contributed by atoms with E-state index in [9.17, 15) is 4.79 Å². The molecule has 0 spiro atoms. The summed E-state index contributed by atoms with van der Waals surface area (Å²) in [6.07, 6.45) is 1.26. The lowest BCUT2D eigenvalue weighted by Crippen LogP contribution is -2.16. The number of halogens is 2. The number of carbonyl (C=O) groups is 1. The first-order valence-corrected chi connectivity index (χ1v) is 6.39. The van der Waals surface area contributed by atoms with E-state index in [1.807, 2.05) is 0 Å². The molecule has 1 N–H and O–H groups in total. The minimum Gasteiger partial charge on any atom is -0.494 e. The quantitative estimate of drug-likeness (QED) is 0.650. The molecule has 18 heavy (non-hydrogen) atoms. The van der Waals surface area contributed by atoms with Crippen LogP contribution in [0, 0.1) is 11.3 Å². The van der Waals surface area contributed by atoms with Crippen LogP contribution in [0.15, 0.2) is 26.2 Å². The number of nitrogens with zero attached hydrogens (tertiary/aromatic N) is 2. The predicted molar refractivity (Wildman–Crippen MR) is 74.4 cm³/mol. The van der Waals surface area contributed by atoms with Gasteiger partial charge in [-0.15, -0.1) is 0 Å². The number of nitrogens with one attached hydrogen (secondary N) is 1. The second-order valence-corrected chi connectivity index (χ2v) is 4.85. The van der Waals surface area contributed by atoms with Crippen molar-refractivity contribution in [1.29, 1.82) is 5.26 Å². The molecular weight excluding hydrogens is 366 g/mol. The predicted octanol–water partition coefficient (Wildman–Crippen LogP) is 2.58. The van der Waals surface area contributed by atoms with Crippen LogP contribution in [0.3, 0.4) is 0 Å². The fraction of sp³-hybridized carbons (Fsp3) is 0.182. The fourth-order valence-electron chi connectivity index (χ4n) is 1.14. The highest BCUT2D eigenvalue weighted by Crippen LogP contribution is 2.33. The fourth-order valence-corrected chi connectivity index (χ4v) is 2.68. The van der Waals surface area contributed by atoms with Crippen LogP contribution in [-0.4, -0.2) is 19.2 Å². The highest BCUT2D eigenvalue weighted by molar-refractivity contribution is 9.11. The lowest BCUT2D eigenvalue weighted by molar-refractivity contribution is -0.120. The van der Waals surface area contributed by atoms with Gasteiger partial charge in [0.2, 0.25) is 0 Å². The van der Waals surface area contributed by atoms with Crippen molar-refractivity contribution in [3.8, 4) is 11.8 Å². The van der Waals surface area contributed by atoms with Crippen molar-refractivity contribution >= 4 is 44.0 Å². The molecule has 0 unspecified atom stereocenters. The number of methoxy groups -OCH3 is 1. The van der Waals surface area contributed by atoms with E-state index >= 15 is 0 Å². The van der Waals surface area contributed by atoms with Gasteiger partial charge in [0.25, 0.3) is 5.91 Å². The van der Waals surface area contributed by atoms with Gasteiger partial charge in [0, 0.05) is 0 Å². The maximum atomic E-state index is 11.0. The van der Waals surface area contributed by atoms with Crippen molar-refractivity contribution in [1.82, 2.24) is 5.43 Å². The van der Waals surface area contributed by atoms with E-state index in [-0.39, 0.29) is 6.42 Å². The molecule has 0 aromatic heterocycles. The van der Waals surface area contributed by atoms with Gasteiger partial charge >= 0.3 is 0 Å². The van der Waals surface area contributed by atoms with Gasteiger partial charge in [0.15, 0.2) is 0 Å². The van der Waals surface area contributed by atoms with E-state index in [1.165, 1.54) is 6.21 Å². The van der Waals surface area contributed by atoms with E-state index in [0.717, 1.165) is 14.5 Å². The molecule has 0 fully saturated rings. The second kappa shape index (κ2) is 7.13. The Kier molecular flexibility index (Phi) is 5.82. The summed E-state index contributed by atoms with van der Waals surface area (Å²) in [5.41, 5.74) is 3.02. The van der Waals surface area contributed by atoms with Gasteiger partial charge in [-0.1, -0.05) is 0 Å². The number of carbonyl (C=O) groups excluding carboxylic acids is 1. The van der Waals surface area contributed by atoms with Crippen LogP contribution in [-0.2, 0) is 4.79 Å². The molecule has 5 nitrogen and oxygen atoms in total. The van der Waals surface area contributed by atoms with Gasteiger partial charge in [-0.3, -0.25) is 4.79 Å². The summed E-state index contributed by atoms with van der Waals surface area (Å²) >= 11 is 6.71. The SMILES string of the molecule is COc1c(Br)cc(/C=N/NC(=O)CC#N)cc1Br. The number of nitriles is 1. The zero-order valence-electron chi connectivity index (χ0n) is 9.41. The van der Waals surface area contributed by atoms with E-state index in [4.69, 9.17) is 10.00 Å². The first-order valence-electron chi connectivity index (χ1n) is 4.80. The molecule has 1 aromatic rings. The molecule has 1 amide bonds. The average Bonchev–Trinajstić information content (AvgIpc) is 2.29.